The highest BCUT2D eigenvalue weighted by Gasteiger charge is 2.27. The molecule has 1 aliphatic carbocycles. The summed E-state index contributed by atoms with van der Waals surface area (Å²) in [5, 5.41) is 12.8. The molecule has 1 atom stereocenters. The number of anilines is 1. The molecular weight excluding hydrogens is 380 g/mol. The lowest BCUT2D eigenvalue weighted by Crippen LogP contribution is -2.31. The van der Waals surface area contributed by atoms with Crippen molar-refractivity contribution < 1.29 is 14.7 Å². The lowest BCUT2D eigenvalue weighted by Gasteiger charge is -2.27. The fraction of sp³-hybridized carbons (Fsp3) is 0.217. The van der Waals surface area contributed by atoms with Crippen LogP contribution in [0.25, 0.3) is 11.3 Å². The predicted octanol–water partition coefficient (Wildman–Crippen LogP) is 3.22. The number of nitrogens with one attached hydrogen (secondary N) is 1. The van der Waals surface area contributed by atoms with E-state index in [1.807, 2.05) is 37.3 Å². The van der Waals surface area contributed by atoms with Gasteiger partial charge in [0.15, 0.2) is 0 Å². The third-order valence-corrected chi connectivity index (χ3v) is 5.44. The quantitative estimate of drug-likeness (QED) is 0.603. The molecule has 4 rings (SSSR count). The standard InChI is InChI=1S/C23H22N4O3/c1-13-2-4-15(5-3-13)19-10-11-25-23(27-19)26-16-8-6-14-7-9-17(22(29)30)20(21(24)28)18(14)12-16/h2-5,7,9-11,16H,6,8,12H2,1H3,(H2,24,28)(H,29,30)(H,25,26,27). The Morgan fingerprint density at radius 3 is 2.60 bits per heavy atom. The van der Waals surface area contributed by atoms with Crippen LogP contribution in [-0.2, 0) is 12.8 Å². The van der Waals surface area contributed by atoms with Gasteiger partial charge in [0.05, 0.1) is 16.8 Å². The lowest BCUT2D eigenvalue weighted by atomic mass is 9.83. The van der Waals surface area contributed by atoms with E-state index in [4.69, 9.17) is 5.73 Å². The second-order valence-electron chi connectivity index (χ2n) is 7.51. The van der Waals surface area contributed by atoms with Gasteiger partial charge in [0, 0.05) is 17.8 Å². The van der Waals surface area contributed by atoms with Gasteiger partial charge in [-0.3, -0.25) is 4.79 Å². The Labute approximate surface area is 174 Å². The van der Waals surface area contributed by atoms with E-state index in [-0.39, 0.29) is 17.2 Å². The van der Waals surface area contributed by atoms with Crippen molar-refractivity contribution in [1.82, 2.24) is 9.97 Å². The number of rotatable bonds is 5. The van der Waals surface area contributed by atoms with Crippen LogP contribution in [0, 0.1) is 6.92 Å². The number of fused-ring (bicyclic) bond motifs is 1. The number of nitrogens with zero attached hydrogens (tertiary/aromatic N) is 2. The van der Waals surface area contributed by atoms with E-state index in [9.17, 15) is 14.7 Å². The molecule has 0 fully saturated rings. The number of carboxylic acid groups (broad SMARTS) is 1. The summed E-state index contributed by atoms with van der Waals surface area (Å²) in [6, 6.07) is 13.2. The molecule has 0 saturated carbocycles. The molecule has 0 aliphatic heterocycles. The van der Waals surface area contributed by atoms with Gasteiger partial charge in [-0.25, -0.2) is 14.8 Å². The molecule has 7 nitrogen and oxygen atoms in total. The van der Waals surface area contributed by atoms with E-state index in [0.717, 1.165) is 23.2 Å². The first-order chi connectivity index (χ1) is 14.4. The Bertz CT molecular complexity index is 1130. The number of carboxylic acids is 1. The van der Waals surface area contributed by atoms with Crippen molar-refractivity contribution >= 4 is 17.8 Å². The highest BCUT2D eigenvalue weighted by Crippen LogP contribution is 2.29. The zero-order valence-electron chi connectivity index (χ0n) is 16.6. The smallest absolute Gasteiger partial charge is 0.336 e. The fourth-order valence-corrected chi connectivity index (χ4v) is 3.92. The summed E-state index contributed by atoms with van der Waals surface area (Å²) in [5.74, 6) is -1.38. The van der Waals surface area contributed by atoms with Crippen LogP contribution in [0.1, 0.15) is 43.8 Å². The molecule has 0 saturated heterocycles. The summed E-state index contributed by atoms with van der Waals surface area (Å²) < 4.78 is 0. The summed E-state index contributed by atoms with van der Waals surface area (Å²) in [5.41, 5.74) is 10.2. The normalized spacial score (nSPS) is 15.3. The van der Waals surface area contributed by atoms with Crippen LogP contribution < -0.4 is 11.1 Å². The zero-order valence-corrected chi connectivity index (χ0v) is 16.6. The number of amides is 1. The number of hydrogen-bond acceptors (Lipinski definition) is 5. The van der Waals surface area contributed by atoms with Gasteiger partial charge >= 0.3 is 5.97 Å². The third-order valence-electron chi connectivity index (χ3n) is 5.44. The summed E-state index contributed by atoms with van der Waals surface area (Å²) in [6.07, 6.45) is 3.71. The molecule has 4 N–H and O–H groups in total. The molecule has 1 aromatic heterocycles. The second-order valence-corrected chi connectivity index (χ2v) is 7.51. The van der Waals surface area contributed by atoms with Crippen LogP contribution in [0.15, 0.2) is 48.7 Å². The topological polar surface area (TPSA) is 118 Å². The number of nitrogens with two attached hydrogens (primary N) is 1. The van der Waals surface area contributed by atoms with Crippen molar-refractivity contribution in [3.63, 3.8) is 0 Å². The molecule has 30 heavy (non-hydrogen) atoms. The van der Waals surface area contributed by atoms with E-state index >= 15 is 0 Å². The summed E-state index contributed by atoms with van der Waals surface area (Å²) >= 11 is 0. The number of aromatic carboxylic acids is 1. The van der Waals surface area contributed by atoms with Crippen LogP contribution in [-0.4, -0.2) is 33.0 Å². The van der Waals surface area contributed by atoms with Crippen molar-refractivity contribution in [3.05, 3.63) is 76.5 Å². The number of hydrogen-bond donors (Lipinski definition) is 3. The molecule has 1 unspecified atom stereocenters. The Kier molecular flexibility index (Phi) is 5.18. The number of aromatic nitrogens is 2. The molecule has 0 radical (unpaired) electrons. The lowest BCUT2D eigenvalue weighted by molar-refractivity contribution is 0.0691. The number of primary amides is 1. The molecular formula is C23H22N4O3. The Balaban J connectivity index is 1.59. The van der Waals surface area contributed by atoms with Gasteiger partial charge in [-0.2, -0.15) is 0 Å². The Hall–Kier alpha value is -3.74. The summed E-state index contributed by atoms with van der Waals surface area (Å²) in [7, 11) is 0. The van der Waals surface area contributed by atoms with Gasteiger partial charge in [0.1, 0.15) is 0 Å². The minimum absolute atomic E-state index is 0.0343. The maximum Gasteiger partial charge on any atom is 0.336 e. The van der Waals surface area contributed by atoms with E-state index in [2.05, 4.69) is 15.3 Å². The van der Waals surface area contributed by atoms with Crippen LogP contribution >= 0.6 is 0 Å². The van der Waals surface area contributed by atoms with E-state index < -0.39 is 11.9 Å². The molecule has 0 spiro atoms. The van der Waals surface area contributed by atoms with Crippen molar-refractivity contribution in [3.8, 4) is 11.3 Å². The fourth-order valence-electron chi connectivity index (χ4n) is 3.92. The summed E-state index contributed by atoms with van der Waals surface area (Å²) in [6.45, 7) is 2.04. The van der Waals surface area contributed by atoms with Crippen LogP contribution in [0.3, 0.4) is 0 Å². The van der Waals surface area contributed by atoms with E-state index in [0.29, 0.717) is 24.4 Å². The van der Waals surface area contributed by atoms with Crippen molar-refractivity contribution in [1.29, 1.82) is 0 Å². The van der Waals surface area contributed by atoms with Gasteiger partial charge in [0.25, 0.3) is 0 Å². The second kappa shape index (κ2) is 7.94. The minimum Gasteiger partial charge on any atom is -0.478 e. The maximum atomic E-state index is 12.0. The number of benzene rings is 2. The molecule has 1 aliphatic rings. The molecule has 3 aromatic rings. The van der Waals surface area contributed by atoms with Gasteiger partial charge in [0.2, 0.25) is 11.9 Å². The Morgan fingerprint density at radius 2 is 1.90 bits per heavy atom. The molecule has 0 bridgehead atoms. The molecule has 1 amide bonds. The van der Waals surface area contributed by atoms with Crippen LogP contribution in [0.2, 0.25) is 0 Å². The average Bonchev–Trinajstić information content (AvgIpc) is 2.73. The SMILES string of the molecule is Cc1ccc(-c2ccnc(NC3CCc4ccc(C(=O)O)c(C(N)=O)c4C3)n2)cc1. The molecule has 152 valence electrons. The van der Waals surface area contributed by atoms with Crippen LogP contribution in [0.4, 0.5) is 5.95 Å². The molecule has 1 heterocycles. The summed E-state index contributed by atoms with van der Waals surface area (Å²) in [4.78, 5) is 32.5. The minimum atomic E-state index is -1.16. The zero-order chi connectivity index (χ0) is 21.3. The predicted molar refractivity (Wildman–Crippen MR) is 114 cm³/mol. The largest absolute Gasteiger partial charge is 0.478 e. The first-order valence-electron chi connectivity index (χ1n) is 9.77. The van der Waals surface area contributed by atoms with Crippen LogP contribution in [0.5, 0.6) is 0 Å². The number of carbonyl (C=O) groups is 2. The monoisotopic (exact) mass is 402 g/mol. The van der Waals surface area contributed by atoms with E-state index in [1.54, 1.807) is 12.3 Å². The highest BCUT2D eigenvalue weighted by molar-refractivity contribution is 6.05. The highest BCUT2D eigenvalue weighted by atomic mass is 16.4. The van der Waals surface area contributed by atoms with E-state index in [1.165, 1.54) is 11.6 Å². The Morgan fingerprint density at radius 1 is 1.13 bits per heavy atom. The third kappa shape index (κ3) is 3.87. The van der Waals surface area contributed by atoms with Gasteiger partial charge in [-0.15, -0.1) is 0 Å². The first kappa shape index (κ1) is 19.6. The van der Waals surface area contributed by atoms with Crippen molar-refractivity contribution in [2.75, 3.05) is 5.32 Å². The first-order valence-corrected chi connectivity index (χ1v) is 9.77. The van der Waals surface area contributed by atoms with Crippen molar-refractivity contribution in [2.24, 2.45) is 5.73 Å². The van der Waals surface area contributed by atoms with Gasteiger partial charge in [-0.05, 0) is 49.4 Å². The maximum absolute atomic E-state index is 12.0. The number of carbonyl (C=O) groups excluding carboxylic acids is 1. The van der Waals surface area contributed by atoms with Crippen molar-refractivity contribution in [2.45, 2.75) is 32.2 Å². The van der Waals surface area contributed by atoms with Gasteiger partial charge in [-0.1, -0.05) is 35.9 Å². The number of aryl methyl sites for hydroxylation is 2. The average molecular weight is 402 g/mol. The van der Waals surface area contributed by atoms with Gasteiger partial charge < -0.3 is 16.2 Å². The molecule has 2 aromatic carbocycles. The molecule has 7 heteroatoms.